The Morgan fingerprint density at radius 3 is 2.65 bits per heavy atom. The average Bonchev–Trinajstić information content (AvgIpc) is 3.07. The fourth-order valence-electron chi connectivity index (χ4n) is 3.87. The average molecular weight is 540 g/mol. The highest BCUT2D eigenvalue weighted by Crippen LogP contribution is 2.20. The molecule has 0 spiro atoms. The van der Waals surface area contributed by atoms with Crippen molar-refractivity contribution in [2.45, 2.75) is 71.6 Å². The predicted molar refractivity (Wildman–Crippen MR) is 138 cm³/mol. The van der Waals surface area contributed by atoms with Gasteiger partial charge in [-0.05, 0) is 38.7 Å². The van der Waals surface area contributed by atoms with E-state index in [0.29, 0.717) is 18.6 Å². The minimum atomic E-state index is 0. The molecule has 3 rings (SSSR count). The zero-order valence-corrected chi connectivity index (χ0v) is 21.7. The number of aromatic nitrogens is 3. The second-order valence-electron chi connectivity index (χ2n) is 8.34. The number of unbranched alkanes of at least 4 members (excludes halogenated alkanes) is 1. The van der Waals surface area contributed by atoms with Crippen LogP contribution in [0.2, 0.25) is 0 Å². The number of piperidine rings is 1. The highest BCUT2D eigenvalue weighted by molar-refractivity contribution is 14.0. The summed E-state index contributed by atoms with van der Waals surface area (Å²) in [6, 6.07) is 11.7. The molecule has 0 aliphatic carbocycles. The number of guanidine groups is 1. The lowest BCUT2D eigenvalue weighted by atomic mass is 9.97. The van der Waals surface area contributed by atoms with E-state index in [0.717, 1.165) is 62.9 Å². The molecule has 0 radical (unpaired) electrons. The molecule has 7 nitrogen and oxygen atoms in total. The van der Waals surface area contributed by atoms with Crippen LogP contribution < -0.4 is 10.6 Å². The Morgan fingerprint density at radius 1 is 1.23 bits per heavy atom. The lowest BCUT2D eigenvalue weighted by Crippen LogP contribution is -2.51. The van der Waals surface area contributed by atoms with Gasteiger partial charge in [0.25, 0.3) is 0 Å². The molecular formula is C23H38IN7. The molecular weight excluding hydrogens is 501 g/mol. The van der Waals surface area contributed by atoms with Gasteiger partial charge in [-0.3, -0.25) is 4.90 Å². The summed E-state index contributed by atoms with van der Waals surface area (Å²) in [6.07, 6.45) is 4.53. The molecule has 172 valence electrons. The molecule has 1 aliphatic rings. The zero-order valence-electron chi connectivity index (χ0n) is 19.3. The maximum Gasteiger partial charge on any atom is 0.191 e. The summed E-state index contributed by atoms with van der Waals surface area (Å²) in [5.74, 6) is 2.68. The number of aliphatic imine (C=N–C) groups is 1. The Hall–Kier alpha value is -1.68. The third kappa shape index (κ3) is 7.75. The lowest BCUT2D eigenvalue weighted by molar-refractivity contribution is 0.134. The van der Waals surface area contributed by atoms with Gasteiger partial charge in [-0.2, -0.15) is 0 Å². The number of hydrogen-bond donors (Lipinski definition) is 2. The maximum absolute atomic E-state index is 4.80. The highest BCUT2D eigenvalue weighted by atomic mass is 127. The van der Waals surface area contributed by atoms with Gasteiger partial charge < -0.3 is 15.2 Å². The number of likely N-dealkylation sites (tertiary alicyclic amines) is 1. The van der Waals surface area contributed by atoms with Gasteiger partial charge in [-0.25, -0.2) is 4.99 Å². The topological polar surface area (TPSA) is 70.4 Å². The van der Waals surface area contributed by atoms with Gasteiger partial charge in [0.15, 0.2) is 11.8 Å². The van der Waals surface area contributed by atoms with Crippen LogP contribution >= 0.6 is 24.0 Å². The molecule has 0 amide bonds. The highest BCUT2D eigenvalue weighted by Gasteiger charge is 2.26. The standard InChI is InChI=1S/C23H37N7.HI/c1-5-6-13-24-23(25-16-22-28-27-19(3)29(22)4)26-21-12-14-30(18(2)15-21)17-20-10-8-7-9-11-20;/h7-11,18,21H,5-6,12-17H2,1-4H3,(H2,24,25,26);1H. The van der Waals surface area contributed by atoms with Gasteiger partial charge in [0.1, 0.15) is 12.4 Å². The van der Waals surface area contributed by atoms with Gasteiger partial charge in [-0.15, -0.1) is 34.2 Å². The van der Waals surface area contributed by atoms with Crippen LogP contribution in [0.3, 0.4) is 0 Å². The van der Waals surface area contributed by atoms with Crippen molar-refractivity contribution in [3.05, 3.63) is 47.5 Å². The van der Waals surface area contributed by atoms with Crippen molar-refractivity contribution in [2.24, 2.45) is 12.0 Å². The van der Waals surface area contributed by atoms with Gasteiger partial charge in [0.2, 0.25) is 0 Å². The Kier molecular flexibility index (Phi) is 10.7. The van der Waals surface area contributed by atoms with Crippen LogP contribution in [0.4, 0.5) is 0 Å². The van der Waals surface area contributed by atoms with E-state index in [-0.39, 0.29) is 24.0 Å². The Balaban J connectivity index is 0.00000341. The molecule has 31 heavy (non-hydrogen) atoms. The molecule has 1 aromatic heterocycles. The molecule has 1 saturated heterocycles. The number of halogens is 1. The summed E-state index contributed by atoms with van der Waals surface area (Å²) in [6.45, 7) is 10.1. The number of aryl methyl sites for hydroxylation is 1. The van der Waals surface area contributed by atoms with Crippen LogP contribution in [0, 0.1) is 6.92 Å². The molecule has 2 atom stereocenters. The van der Waals surface area contributed by atoms with E-state index >= 15 is 0 Å². The molecule has 1 aromatic carbocycles. The van der Waals surface area contributed by atoms with Crippen LogP contribution in [0.5, 0.6) is 0 Å². The fourth-order valence-corrected chi connectivity index (χ4v) is 3.87. The summed E-state index contributed by atoms with van der Waals surface area (Å²) >= 11 is 0. The van der Waals surface area contributed by atoms with Gasteiger partial charge >= 0.3 is 0 Å². The van der Waals surface area contributed by atoms with E-state index in [9.17, 15) is 0 Å². The first kappa shape index (κ1) is 25.6. The molecule has 2 N–H and O–H groups in total. The molecule has 2 heterocycles. The molecule has 0 saturated carbocycles. The molecule has 1 fully saturated rings. The Bertz CT molecular complexity index is 806. The van der Waals surface area contributed by atoms with Crippen LogP contribution in [0.1, 0.15) is 56.7 Å². The van der Waals surface area contributed by atoms with E-state index in [1.165, 1.54) is 5.56 Å². The quantitative estimate of drug-likeness (QED) is 0.232. The summed E-state index contributed by atoms with van der Waals surface area (Å²) in [5.41, 5.74) is 1.39. The van der Waals surface area contributed by atoms with Crippen molar-refractivity contribution in [3.8, 4) is 0 Å². The number of nitrogens with one attached hydrogen (secondary N) is 2. The molecule has 8 heteroatoms. The maximum atomic E-state index is 4.80. The minimum Gasteiger partial charge on any atom is -0.356 e. The zero-order chi connectivity index (χ0) is 21.3. The fraction of sp³-hybridized carbons (Fsp3) is 0.609. The van der Waals surface area contributed by atoms with Crippen molar-refractivity contribution in [2.75, 3.05) is 13.1 Å². The van der Waals surface area contributed by atoms with Crippen LogP contribution in [-0.4, -0.2) is 50.8 Å². The van der Waals surface area contributed by atoms with E-state index < -0.39 is 0 Å². The van der Waals surface area contributed by atoms with Crippen LogP contribution in [-0.2, 0) is 20.1 Å². The third-order valence-corrected chi connectivity index (χ3v) is 5.97. The molecule has 2 aromatic rings. The number of benzene rings is 1. The van der Waals surface area contributed by atoms with Crippen molar-refractivity contribution in [3.63, 3.8) is 0 Å². The lowest BCUT2D eigenvalue weighted by Gasteiger charge is -2.38. The first-order valence-electron chi connectivity index (χ1n) is 11.2. The van der Waals surface area contributed by atoms with Gasteiger partial charge in [-0.1, -0.05) is 43.7 Å². The molecule has 2 unspecified atom stereocenters. The second-order valence-corrected chi connectivity index (χ2v) is 8.34. The summed E-state index contributed by atoms with van der Waals surface area (Å²) in [4.78, 5) is 7.38. The molecule has 1 aliphatic heterocycles. The largest absolute Gasteiger partial charge is 0.356 e. The third-order valence-electron chi connectivity index (χ3n) is 5.97. The SMILES string of the molecule is CCCCNC(=NCc1nnc(C)n1C)NC1CCN(Cc2ccccc2)C(C)C1.I. The minimum absolute atomic E-state index is 0. The smallest absolute Gasteiger partial charge is 0.191 e. The summed E-state index contributed by atoms with van der Waals surface area (Å²) < 4.78 is 2.00. The second kappa shape index (κ2) is 13.0. The van der Waals surface area contributed by atoms with E-state index in [1.54, 1.807) is 0 Å². The van der Waals surface area contributed by atoms with Crippen molar-refractivity contribution in [1.82, 2.24) is 30.3 Å². The van der Waals surface area contributed by atoms with Crippen molar-refractivity contribution < 1.29 is 0 Å². The number of nitrogens with zero attached hydrogens (tertiary/aromatic N) is 5. The van der Waals surface area contributed by atoms with Gasteiger partial charge in [0, 0.05) is 38.8 Å². The first-order valence-corrected chi connectivity index (χ1v) is 11.2. The van der Waals surface area contributed by atoms with E-state index in [1.807, 2.05) is 18.5 Å². The van der Waals surface area contributed by atoms with Gasteiger partial charge in [0.05, 0.1) is 0 Å². The monoisotopic (exact) mass is 539 g/mol. The number of rotatable bonds is 8. The Labute approximate surface area is 204 Å². The van der Waals surface area contributed by atoms with Crippen LogP contribution in [0.15, 0.2) is 35.3 Å². The van der Waals surface area contributed by atoms with Crippen molar-refractivity contribution in [1.29, 1.82) is 0 Å². The Morgan fingerprint density at radius 2 is 2.00 bits per heavy atom. The molecule has 0 bridgehead atoms. The normalized spacial score (nSPS) is 19.7. The number of hydrogen-bond acceptors (Lipinski definition) is 4. The van der Waals surface area contributed by atoms with Crippen LogP contribution in [0.25, 0.3) is 0 Å². The summed E-state index contributed by atoms with van der Waals surface area (Å²) in [7, 11) is 1.99. The summed E-state index contributed by atoms with van der Waals surface area (Å²) in [5, 5.41) is 15.6. The van der Waals surface area contributed by atoms with Crippen molar-refractivity contribution >= 4 is 29.9 Å². The van der Waals surface area contributed by atoms with E-state index in [4.69, 9.17) is 4.99 Å². The first-order chi connectivity index (χ1) is 14.6. The predicted octanol–water partition coefficient (Wildman–Crippen LogP) is 3.63. The van der Waals surface area contributed by atoms with E-state index in [2.05, 4.69) is 69.9 Å².